The number of benzene rings is 3. The van der Waals surface area contributed by atoms with Gasteiger partial charge in [0.15, 0.2) is 5.75 Å². The summed E-state index contributed by atoms with van der Waals surface area (Å²) >= 11 is 0. The van der Waals surface area contributed by atoms with Crippen LogP contribution in [-0.4, -0.2) is 0 Å². The number of terminal acetylenes is 2. The van der Waals surface area contributed by atoms with E-state index in [1.807, 2.05) is 66.7 Å². The molecule has 120 valence electrons. The van der Waals surface area contributed by atoms with Gasteiger partial charge < -0.3 is 10.5 Å². The van der Waals surface area contributed by atoms with Gasteiger partial charge in [0.1, 0.15) is 5.75 Å². The maximum absolute atomic E-state index is 6.06. The first-order valence-electron chi connectivity index (χ1n) is 7.86. The minimum Gasteiger partial charge on any atom is -0.455 e. The summed E-state index contributed by atoms with van der Waals surface area (Å²) in [6.45, 7) is 0. The van der Waals surface area contributed by atoms with Crippen molar-refractivity contribution in [2.45, 2.75) is 6.42 Å². The summed E-state index contributed by atoms with van der Waals surface area (Å²) in [7, 11) is 0. The molecule has 3 rings (SSSR count). The Balaban J connectivity index is 1.85. The number of hydrogen-bond acceptors (Lipinski definition) is 2. The first-order chi connectivity index (χ1) is 12.2. The molecule has 0 aliphatic rings. The summed E-state index contributed by atoms with van der Waals surface area (Å²) in [6.07, 6.45) is 11.6. The summed E-state index contributed by atoms with van der Waals surface area (Å²) < 4.78 is 5.92. The van der Waals surface area contributed by atoms with Crippen LogP contribution < -0.4 is 10.5 Å². The Kier molecular flexibility index (Phi) is 4.74. The van der Waals surface area contributed by atoms with Crippen LogP contribution in [0.2, 0.25) is 0 Å². The fraction of sp³-hybridized carbons (Fsp3) is 0.0435. The monoisotopic (exact) mass is 323 g/mol. The van der Waals surface area contributed by atoms with Gasteiger partial charge in [0.05, 0.1) is 5.69 Å². The predicted octanol–water partition coefficient (Wildman–Crippen LogP) is 4.61. The van der Waals surface area contributed by atoms with Crippen LogP contribution >= 0.6 is 0 Å². The Bertz CT molecular complexity index is 989. The van der Waals surface area contributed by atoms with Crippen molar-refractivity contribution in [3.8, 4) is 36.2 Å². The molecule has 0 saturated heterocycles. The van der Waals surface area contributed by atoms with Crippen LogP contribution in [0, 0.1) is 24.7 Å². The highest BCUT2D eigenvalue weighted by atomic mass is 16.5. The lowest BCUT2D eigenvalue weighted by molar-refractivity contribution is 0.484. The molecule has 0 aliphatic carbocycles. The molecule has 2 nitrogen and oxygen atoms in total. The van der Waals surface area contributed by atoms with Crippen molar-refractivity contribution in [1.29, 1.82) is 0 Å². The van der Waals surface area contributed by atoms with Crippen LogP contribution in [0.5, 0.6) is 11.5 Å². The first kappa shape index (κ1) is 16.2. The van der Waals surface area contributed by atoms with Gasteiger partial charge in [-0.2, -0.15) is 0 Å². The van der Waals surface area contributed by atoms with Gasteiger partial charge in [-0.1, -0.05) is 36.1 Å². The highest BCUT2D eigenvalue weighted by Crippen LogP contribution is 2.29. The Labute approximate surface area is 148 Å². The third-order valence-electron chi connectivity index (χ3n) is 3.81. The lowest BCUT2D eigenvalue weighted by atomic mass is 10.0. The van der Waals surface area contributed by atoms with Gasteiger partial charge in [0, 0.05) is 11.1 Å². The molecule has 0 atom stereocenters. The van der Waals surface area contributed by atoms with E-state index >= 15 is 0 Å². The normalized spacial score (nSPS) is 9.84. The van der Waals surface area contributed by atoms with Crippen LogP contribution in [0.3, 0.4) is 0 Å². The minimum absolute atomic E-state index is 0.576. The van der Waals surface area contributed by atoms with Crippen molar-refractivity contribution in [3.05, 3.63) is 89.0 Å². The Morgan fingerprint density at radius 3 is 2.24 bits per heavy atom. The Morgan fingerprint density at radius 1 is 0.800 bits per heavy atom. The zero-order valence-corrected chi connectivity index (χ0v) is 13.7. The molecule has 2 heteroatoms. The fourth-order valence-corrected chi connectivity index (χ4v) is 2.56. The molecule has 0 radical (unpaired) electrons. The van der Waals surface area contributed by atoms with Gasteiger partial charge in [-0.3, -0.25) is 0 Å². The second kappa shape index (κ2) is 7.30. The number of hydrogen-bond donors (Lipinski definition) is 1. The summed E-state index contributed by atoms with van der Waals surface area (Å²) in [5, 5.41) is 0. The Morgan fingerprint density at radius 2 is 1.48 bits per heavy atom. The van der Waals surface area contributed by atoms with Crippen molar-refractivity contribution in [3.63, 3.8) is 0 Å². The molecular weight excluding hydrogens is 306 g/mol. The molecule has 0 aromatic heterocycles. The smallest absolute Gasteiger partial charge is 0.150 e. The molecule has 0 fully saturated rings. The molecule has 25 heavy (non-hydrogen) atoms. The highest BCUT2D eigenvalue weighted by Gasteiger charge is 2.06. The largest absolute Gasteiger partial charge is 0.455 e. The fourth-order valence-electron chi connectivity index (χ4n) is 2.56. The number of rotatable bonds is 4. The van der Waals surface area contributed by atoms with E-state index in [1.54, 1.807) is 0 Å². The molecule has 2 N–H and O–H groups in total. The SMILES string of the molecule is C#Cc1cccc(Cc2ccc(N)c(Oc3cccc(C#C)c3)c2)c1. The van der Waals surface area contributed by atoms with Gasteiger partial charge >= 0.3 is 0 Å². The molecule has 0 bridgehead atoms. The molecule has 0 amide bonds. The number of ether oxygens (including phenoxy) is 1. The second-order valence-electron chi connectivity index (χ2n) is 5.67. The summed E-state index contributed by atoms with van der Waals surface area (Å²) in [6, 6.07) is 21.1. The molecule has 0 unspecified atom stereocenters. The summed E-state index contributed by atoms with van der Waals surface area (Å²) in [5.74, 6) is 6.52. The maximum atomic E-state index is 6.06. The molecule has 3 aromatic rings. The zero-order chi connectivity index (χ0) is 17.6. The average molecular weight is 323 g/mol. The van der Waals surface area contributed by atoms with E-state index in [1.165, 1.54) is 0 Å². The average Bonchev–Trinajstić information content (AvgIpc) is 2.65. The lowest BCUT2D eigenvalue weighted by Gasteiger charge is -2.11. The number of nitrogen functional groups attached to an aromatic ring is 1. The van der Waals surface area contributed by atoms with Crippen molar-refractivity contribution in [2.75, 3.05) is 5.73 Å². The summed E-state index contributed by atoms with van der Waals surface area (Å²) in [5.41, 5.74) is 10.5. The van der Waals surface area contributed by atoms with Gasteiger partial charge in [0.25, 0.3) is 0 Å². The van der Waals surface area contributed by atoms with Crippen LogP contribution in [0.1, 0.15) is 22.3 Å². The van der Waals surface area contributed by atoms with Crippen LogP contribution in [0.15, 0.2) is 66.7 Å². The van der Waals surface area contributed by atoms with Gasteiger partial charge in [-0.15, -0.1) is 12.8 Å². The van der Waals surface area contributed by atoms with Crippen LogP contribution in [0.4, 0.5) is 5.69 Å². The van der Waals surface area contributed by atoms with Crippen molar-refractivity contribution >= 4 is 5.69 Å². The van der Waals surface area contributed by atoms with Gasteiger partial charge in [-0.25, -0.2) is 0 Å². The molecule has 0 aliphatic heterocycles. The van der Waals surface area contributed by atoms with E-state index in [2.05, 4.69) is 11.8 Å². The van der Waals surface area contributed by atoms with Crippen molar-refractivity contribution in [1.82, 2.24) is 0 Å². The van der Waals surface area contributed by atoms with Gasteiger partial charge in [0.2, 0.25) is 0 Å². The molecule has 0 spiro atoms. The molecule has 3 aromatic carbocycles. The topological polar surface area (TPSA) is 35.2 Å². The van der Waals surface area contributed by atoms with Crippen LogP contribution in [-0.2, 0) is 6.42 Å². The van der Waals surface area contributed by atoms with E-state index in [0.29, 0.717) is 17.2 Å². The third kappa shape index (κ3) is 4.02. The maximum Gasteiger partial charge on any atom is 0.150 e. The second-order valence-corrected chi connectivity index (χ2v) is 5.67. The lowest BCUT2D eigenvalue weighted by Crippen LogP contribution is -1.95. The van der Waals surface area contributed by atoms with Crippen molar-refractivity contribution in [2.24, 2.45) is 0 Å². The van der Waals surface area contributed by atoms with E-state index in [-0.39, 0.29) is 0 Å². The third-order valence-corrected chi connectivity index (χ3v) is 3.81. The number of nitrogens with two attached hydrogens (primary N) is 1. The molecule has 0 saturated carbocycles. The van der Waals surface area contributed by atoms with E-state index < -0.39 is 0 Å². The quantitative estimate of drug-likeness (QED) is 0.562. The number of anilines is 1. The van der Waals surface area contributed by atoms with Gasteiger partial charge in [-0.05, 0) is 60.0 Å². The van der Waals surface area contributed by atoms with Crippen LogP contribution in [0.25, 0.3) is 0 Å². The zero-order valence-electron chi connectivity index (χ0n) is 13.7. The Hall–Kier alpha value is -3.62. The van der Waals surface area contributed by atoms with E-state index in [4.69, 9.17) is 23.3 Å². The molecule has 0 heterocycles. The first-order valence-corrected chi connectivity index (χ1v) is 7.86. The van der Waals surface area contributed by atoms with E-state index in [0.717, 1.165) is 28.7 Å². The van der Waals surface area contributed by atoms with E-state index in [9.17, 15) is 0 Å². The minimum atomic E-state index is 0.576. The standard InChI is InChI=1S/C23H17NO/c1-3-17-7-5-9-19(13-17)14-20-11-12-22(24)23(16-20)25-21-10-6-8-18(4-2)15-21/h1-2,5-13,15-16H,14,24H2. The predicted molar refractivity (Wildman–Crippen MR) is 102 cm³/mol. The van der Waals surface area contributed by atoms with Crippen molar-refractivity contribution < 1.29 is 4.74 Å². The summed E-state index contributed by atoms with van der Waals surface area (Å²) in [4.78, 5) is 0. The molecular formula is C23H17NO. The highest BCUT2D eigenvalue weighted by molar-refractivity contribution is 5.56.